The highest BCUT2D eigenvalue weighted by Gasteiger charge is 2.25. The van der Waals surface area contributed by atoms with Crippen molar-refractivity contribution in [3.05, 3.63) is 73.8 Å². The summed E-state index contributed by atoms with van der Waals surface area (Å²) in [6.45, 7) is 5.37. The van der Waals surface area contributed by atoms with Gasteiger partial charge in [0.2, 0.25) is 11.9 Å². The molecule has 0 aliphatic carbocycles. The number of fused-ring (bicyclic) bond motifs is 1. The van der Waals surface area contributed by atoms with E-state index in [1.165, 1.54) is 6.08 Å². The smallest absolute Gasteiger partial charge is 0.247 e. The number of likely N-dealkylation sites (tertiary alicyclic amines) is 1. The monoisotopic (exact) mass is 484 g/mol. The second-order valence-electron chi connectivity index (χ2n) is 8.43. The first kappa shape index (κ1) is 23.3. The number of nitrogens with zero attached hydrogens (tertiary/aromatic N) is 5. The molecule has 4 heterocycles. The number of pyridine rings is 2. The standard InChI is InChI=1S/C26H25FN8O/c1-2-24(36)32-20-7-9-29-23(11-20)22-14-28-12-17-13-30-26(34-25(17)22)33-19-5-3-18(4-6-19)31-21-15-35(16-21)10-8-27/h2-7,9,11-14,21,31H,1,8,10,15-16H2,(H,29,32,36)(H,30,33,34). The van der Waals surface area contributed by atoms with Crippen LogP contribution in [0.3, 0.4) is 0 Å². The summed E-state index contributed by atoms with van der Waals surface area (Å²) in [4.78, 5) is 31.6. The lowest BCUT2D eigenvalue weighted by atomic mass is 10.1. The molecule has 1 fully saturated rings. The molecular formula is C26H25FN8O. The zero-order chi connectivity index (χ0) is 24.9. The minimum atomic E-state index is -0.307. The van der Waals surface area contributed by atoms with E-state index in [0.29, 0.717) is 35.4 Å². The highest BCUT2D eigenvalue weighted by atomic mass is 19.1. The summed E-state index contributed by atoms with van der Waals surface area (Å²) < 4.78 is 12.4. The van der Waals surface area contributed by atoms with Crippen LogP contribution in [0.25, 0.3) is 22.2 Å². The SMILES string of the molecule is C=CC(=O)Nc1ccnc(-c2cncc3cnc(Nc4ccc(NC5CN(CCF)C5)cc4)nc23)c1. The van der Waals surface area contributed by atoms with Crippen LogP contribution in [0.1, 0.15) is 0 Å². The fraction of sp³-hybridized carbons (Fsp3) is 0.192. The van der Waals surface area contributed by atoms with Gasteiger partial charge in [-0.25, -0.2) is 14.4 Å². The van der Waals surface area contributed by atoms with Gasteiger partial charge in [-0.2, -0.15) is 0 Å². The first-order chi connectivity index (χ1) is 17.6. The fourth-order valence-corrected chi connectivity index (χ4v) is 4.03. The Hall–Kier alpha value is -4.44. The second-order valence-corrected chi connectivity index (χ2v) is 8.43. The number of hydrogen-bond acceptors (Lipinski definition) is 8. The number of rotatable bonds is 9. The van der Waals surface area contributed by atoms with Crippen LogP contribution in [0.5, 0.6) is 0 Å². The number of carbonyl (C=O) groups is 1. The van der Waals surface area contributed by atoms with Crippen LogP contribution < -0.4 is 16.0 Å². The molecule has 0 bridgehead atoms. The molecule has 1 saturated heterocycles. The number of benzene rings is 1. The number of alkyl halides is 1. The van der Waals surface area contributed by atoms with E-state index in [0.717, 1.165) is 35.4 Å². The molecule has 0 saturated carbocycles. The maximum absolute atomic E-state index is 12.4. The summed E-state index contributed by atoms with van der Waals surface area (Å²) in [5, 5.41) is 10.2. The Morgan fingerprint density at radius 2 is 1.89 bits per heavy atom. The molecule has 0 spiro atoms. The van der Waals surface area contributed by atoms with Crippen LogP contribution in [0.2, 0.25) is 0 Å². The number of carbonyl (C=O) groups excluding carboxylic acids is 1. The minimum Gasteiger partial charge on any atom is -0.380 e. The van der Waals surface area contributed by atoms with Gasteiger partial charge < -0.3 is 16.0 Å². The summed E-state index contributed by atoms with van der Waals surface area (Å²) in [7, 11) is 0. The van der Waals surface area contributed by atoms with Crippen molar-refractivity contribution in [1.29, 1.82) is 0 Å². The molecule has 3 N–H and O–H groups in total. The predicted molar refractivity (Wildman–Crippen MR) is 139 cm³/mol. The number of anilines is 4. The number of amides is 1. The first-order valence-corrected chi connectivity index (χ1v) is 11.5. The maximum Gasteiger partial charge on any atom is 0.247 e. The van der Waals surface area contributed by atoms with E-state index in [9.17, 15) is 9.18 Å². The lowest BCUT2D eigenvalue weighted by Gasteiger charge is -2.39. The minimum absolute atomic E-state index is 0.301. The molecule has 3 aromatic heterocycles. The van der Waals surface area contributed by atoms with Crippen molar-refractivity contribution in [3.63, 3.8) is 0 Å². The summed E-state index contributed by atoms with van der Waals surface area (Å²) >= 11 is 0. The third-order valence-corrected chi connectivity index (χ3v) is 5.85. The third-order valence-electron chi connectivity index (χ3n) is 5.85. The summed E-state index contributed by atoms with van der Waals surface area (Å²) in [5.74, 6) is 0.136. The van der Waals surface area contributed by atoms with Crippen molar-refractivity contribution in [2.24, 2.45) is 0 Å². The van der Waals surface area contributed by atoms with Crippen LogP contribution in [0, 0.1) is 0 Å². The lowest BCUT2D eigenvalue weighted by molar-refractivity contribution is -0.111. The van der Waals surface area contributed by atoms with E-state index < -0.39 is 0 Å². The number of halogens is 1. The quantitative estimate of drug-likeness (QED) is 0.306. The largest absolute Gasteiger partial charge is 0.380 e. The van der Waals surface area contributed by atoms with E-state index in [1.807, 2.05) is 24.3 Å². The molecule has 4 aromatic rings. The van der Waals surface area contributed by atoms with Gasteiger partial charge in [0, 0.05) is 72.4 Å². The molecule has 1 aliphatic rings. The third kappa shape index (κ3) is 5.28. The van der Waals surface area contributed by atoms with E-state index >= 15 is 0 Å². The van der Waals surface area contributed by atoms with Gasteiger partial charge in [-0.05, 0) is 42.5 Å². The predicted octanol–water partition coefficient (Wildman–Crippen LogP) is 4.02. The maximum atomic E-state index is 12.4. The van der Waals surface area contributed by atoms with E-state index in [4.69, 9.17) is 4.98 Å². The van der Waals surface area contributed by atoms with Crippen LogP contribution in [-0.2, 0) is 4.79 Å². The Bertz CT molecular complexity index is 1390. The average Bonchev–Trinajstić information content (AvgIpc) is 2.88. The van der Waals surface area contributed by atoms with Gasteiger partial charge in [0.25, 0.3) is 0 Å². The van der Waals surface area contributed by atoms with E-state index in [-0.39, 0.29) is 12.6 Å². The molecule has 0 unspecified atom stereocenters. The van der Waals surface area contributed by atoms with Crippen LogP contribution in [0.15, 0.2) is 73.8 Å². The van der Waals surface area contributed by atoms with Crippen LogP contribution in [0.4, 0.5) is 27.4 Å². The number of aromatic nitrogens is 4. The van der Waals surface area contributed by atoms with Gasteiger partial charge in [0.1, 0.15) is 6.67 Å². The molecule has 36 heavy (non-hydrogen) atoms. The molecule has 0 atom stereocenters. The van der Waals surface area contributed by atoms with Gasteiger partial charge >= 0.3 is 0 Å². The summed E-state index contributed by atoms with van der Waals surface area (Å²) in [6, 6.07) is 11.7. The van der Waals surface area contributed by atoms with Crippen molar-refractivity contribution in [3.8, 4) is 11.3 Å². The van der Waals surface area contributed by atoms with Crippen molar-refractivity contribution in [1.82, 2.24) is 24.8 Å². The summed E-state index contributed by atoms with van der Waals surface area (Å²) in [6.07, 6.45) is 7.92. The molecule has 9 nitrogen and oxygen atoms in total. The Morgan fingerprint density at radius 3 is 2.67 bits per heavy atom. The van der Waals surface area contributed by atoms with Gasteiger partial charge in [0.05, 0.1) is 17.3 Å². The van der Waals surface area contributed by atoms with Gasteiger partial charge in [-0.3, -0.25) is 19.7 Å². The average molecular weight is 485 g/mol. The normalized spacial score (nSPS) is 13.7. The molecule has 0 radical (unpaired) electrons. The van der Waals surface area contributed by atoms with Gasteiger partial charge in [-0.1, -0.05) is 6.58 Å². The number of hydrogen-bond donors (Lipinski definition) is 3. The topological polar surface area (TPSA) is 108 Å². The van der Waals surface area contributed by atoms with Crippen molar-refractivity contribution in [2.75, 3.05) is 42.3 Å². The molecule has 1 aliphatic heterocycles. The molecular weight excluding hydrogens is 459 g/mol. The summed E-state index contributed by atoms with van der Waals surface area (Å²) in [5.41, 5.74) is 4.47. The van der Waals surface area contributed by atoms with Gasteiger partial charge in [0.15, 0.2) is 0 Å². The van der Waals surface area contributed by atoms with Crippen molar-refractivity contribution in [2.45, 2.75) is 6.04 Å². The second kappa shape index (κ2) is 10.4. The molecule has 1 aromatic carbocycles. The first-order valence-electron chi connectivity index (χ1n) is 11.5. The van der Waals surface area contributed by atoms with Crippen LogP contribution in [-0.4, -0.2) is 63.1 Å². The zero-order valence-electron chi connectivity index (χ0n) is 19.5. The van der Waals surface area contributed by atoms with Crippen LogP contribution >= 0.6 is 0 Å². The molecule has 1 amide bonds. The Labute approximate surface area is 207 Å². The van der Waals surface area contributed by atoms with Crippen molar-refractivity contribution < 1.29 is 9.18 Å². The zero-order valence-corrected chi connectivity index (χ0v) is 19.5. The van der Waals surface area contributed by atoms with Gasteiger partial charge in [-0.15, -0.1) is 0 Å². The highest BCUT2D eigenvalue weighted by Crippen LogP contribution is 2.28. The fourth-order valence-electron chi connectivity index (χ4n) is 4.03. The Morgan fingerprint density at radius 1 is 1.08 bits per heavy atom. The molecule has 10 heteroatoms. The Kier molecular flexibility index (Phi) is 6.76. The van der Waals surface area contributed by atoms with E-state index in [2.05, 4.69) is 42.4 Å². The molecule has 182 valence electrons. The van der Waals surface area contributed by atoms with Crippen molar-refractivity contribution >= 4 is 39.8 Å². The Balaban J connectivity index is 1.32. The van der Waals surface area contributed by atoms with E-state index in [1.54, 1.807) is 36.9 Å². The number of nitrogens with one attached hydrogen (secondary N) is 3. The highest BCUT2D eigenvalue weighted by molar-refractivity contribution is 5.99. The molecule has 5 rings (SSSR count). The lowest BCUT2D eigenvalue weighted by Crippen LogP contribution is -2.55.